The lowest BCUT2D eigenvalue weighted by Crippen LogP contribution is -2.34. The largest absolute Gasteiger partial charge is 0.460 e. The van der Waals surface area contributed by atoms with Crippen molar-refractivity contribution in [3.05, 3.63) is 0 Å². The molecule has 0 fully saturated rings. The van der Waals surface area contributed by atoms with E-state index in [-0.39, 0.29) is 13.2 Å². The second-order valence-corrected chi connectivity index (χ2v) is 2.78. The summed E-state index contributed by atoms with van der Waals surface area (Å²) in [5, 5.41) is 0. The van der Waals surface area contributed by atoms with Crippen molar-refractivity contribution in [2.45, 2.75) is 13.8 Å². The quantitative estimate of drug-likeness (QED) is 0.241. The highest BCUT2D eigenvalue weighted by Gasteiger charge is 2.33. The molecule has 0 amide bonds. The van der Waals surface area contributed by atoms with Crippen LogP contribution in [-0.4, -0.2) is 48.7 Å². The van der Waals surface area contributed by atoms with Crippen LogP contribution in [0.3, 0.4) is 0 Å². The summed E-state index contributed by atoms with van der Waals surface area (Å²) in [6.45, 7) is 2.42. The molecule has 0 atom stereocenters. The van der Waals surface area contributed by atoms with Crippen molar-refractivity contribution in [3.63, 3.8) is 0 Å². The van der Waals surface area contributed by atoms with Crippen molar-refractivity contribution in [2.75, 3.05) is 13.2 Å². The van der Waals surface area contributed by atoms with E-state index < -0.39 is 35.4 Å². The zero-order valence-electron chi connectivity index (χ0n) is 10.1. The number of rotatable bonds is 6. The maximum absolute atomic E-state index is 11.0. The Hall–Kier alpha value is -2.58. The number of ether oxygens (including phenoxy) is 3. The van der Waals surface area contributed by atoms with Crippen LogP contribution < -0.4 is 0 Å². The SMILES string of the molecule is CCOC(=O)C(=O)C(=O)OC(=O)C(=O)C(=O)OCC. The van der Waals surface area contributed by atoms with Gasteiger partial charge in [-0.1, -0.05) is 0 Å². The first-order chi connectivity index (χ1) is 8.84. The Bertz CT molecular complexity index is 394. The number of carbonyl (C=O) groups excluding carboxylic acids is 6. The van der Waals surface area contributed by atoms with E-state index in [1.54, 1.807) is 0 Å². The molecule has 104 valence electrons. The Morgan fingerprint density at radius 2 is 0.947 bits per heavy atom. The first-order valence-electron chi connectivity index (χ1n) is 5.03. The summed E-state index contributed by atoms with van der Waals surface area (Å²) in [4.78, 5) is 65.5. The fourth-order valence-corrected chi connectivity index (χ4v) is 0.737. The predicted octanol–water partition coefficient (Wildman–Crippen LogP) is -1.68. The standard InChI is InChI=1S/C10H10O9/c1-3-17-7(13)5(11)9(15)19-10(16)6(12)8(14)18-4-2/h3-4H2,1-2H3. The average Bonchev–Trinajstić information content (AvgIpc) is 2.37. The fraction of sp³-hybridized carbons (Fsp3) is 0.400. The van der Waals surface area contributed by atoms with Crippen LogP contribution in [0.5, 0.6) is 0 Å². The third-order valence-electron chi connectivity index (χ3n) is 1.48. The fourth-order valence-electron chi connectivity index (χ4n) is 0.737. The molecule has 0 spiro atoms. The zero-order chi connectivity index (χ0) is 15.0. The molecule has 0 rings (SSSR count). The molecule has 0 saturated carbocycles. The Morgan fingerprint density at radius 1 is 0.632 bits per heavy atom. The molecule has 0 heterocycles. The highest BCUT2D eigenvalue weighted by atomic mass is 16.6. The maximum atomic E-state index is 11.0. The van der Waals surface area contributed by atoms with Crippen LogP contribution in [0.25, 0.3) is 0 Å². The molecule has 0 bridgehead atoms. The van der Waals surface area contributed by atoms with Gasteiger partial charge in [0.1, 0.15) is 0 Å². The summed E-state index contributed by atoms with van der Waals surface area (Å²) in [5.74, 6) is -10.5. The van der Waals surface area contributed by atoms with Crippen LogP contribution in [0.4, 0.5) is 0 Å². The van der Waals surface area contributed by atoms with Crippen molar-refractivity contribution in [3.8, 4) is 0 Å². The summed E-state index contributed by atoms with van der Waals surface area (Å²) in [6.07, 6.45) is 0. The van der Waals surface area contributed by atoms with Gasteiger partial charge in [-0.25, -0.2) is 19.2 Å². The molecular weight excluding hydrogens is 264 g/mol. The highest BCUT2D eigenvalue weighted by Crippen LogP contribution is 1.91. The number of carbonyl (C=O) groups is 6. The monoisotopic (exact) mass is 274 g/mol. The van der Waals surface area contributed by atoms with Gasteiger partial charge in [-0.05, 0) is 13.8 Å². The van der Waals surface area contributed by atoms with Crippen LogP contribution in [0.15, 0.2) is 0 Å². The van der Waals surface area contributed by atoms with E-state index in [4.69, 9.17) is 0 Å². The van der Waals surface area contributed by atoms with Gasteiger partial charge in [0.2, 0.25) is 0 Å². The Labute approximate surface area is 106 Å². The second-order valence-electron chi connectivity index (χ2n) is 2.78. The molecule has 0 aromatic carbocycles. The normalized spacial score (nSPS) is 9.16. The maximum Gasteiger partial charge on any atom is 0.394 e. The molecular formula is C10H10O9. The van der Waals surface area contributed by atoms with Crippen LogP contribution in [0.1, 0.15) is 13.8 Å². The molecule has 0 aliphatic heterocycles. The summed E-state index contributed by atoms with van der Waals surface area (Å²) < 4.78 is 12.1. The minimum Gasteiger partial charge on any atom is -0.460 e. The molecule has 0 aliphatic carbocycles. The zero-order valence-corrected chi connectivity index (χ0v) is 10.1. The number of esters is 4. The second kappa shape index (κ2) is 7.69. The number of Topliss-reactive ketones (excluding diaryl/α,β-unsaturated/α-hetero) is 2. The van der Waals surface area contributed by atoms with Crippen LogP contribution in [0.2, 0.25) is 0 Å². The number of hydrogen-bond donors (Lipinski definition) is 0. The van der Waals surface area contributed by atoms with E-state index in [0.717, 1.165) is 0 Å². The minimum absolute atomic E-state index is 0.173. The van der Waals surface area contributed by atoms with Gasteiger partial charge in [-0.3, -0.25) is 9.59 Å². The van der Waals surface area contributed by atoms with Gasteiger partial charge in [0.05, 0.1) is 13.2 Å². The molecule has 0 aromatic heterocycles. The van der Waals surface area contributed by atoms with Crippen molar-refractivity contribution in [1.82, 2.24) is 0 Å². The molecule has 9 heteroatoms. The number of hydrogen-bond acceptors (Lipinski definition) is 9. The van der Waals surface area contributed by atoms with Crippen molar-refractivity contribution in [2.24, 2.45) is 0 Å². The Kier molecular flexibility index (Phi) is 6.65. The lowest BCUT2D eigenvalue weighted by atomic mass is 10.4. The summed E-state index contributed by atoms with van der Waals surface area (Å²) in [7, 11) is 0. The van der Waals surface area contributed by atoms with Crippen LogP contribution in [0, 0.1) is 0 Å². The van der Waals surface area contributed by atoms with Gasteiger partial charge in [0.15, 0.2) is 0 Å². The molecule has 0 N–H and O–H groups in total. The lowest BCUT2D eigenvalue weighted by Gasteiger charge is -2.01. The minimum atomic E-state index is -1.92. The number of ketones is 2. The Morgan fingerprint density at radius 3 is 1.21 bits per heavy atom. The van der Waals surface area contributed by atoms with Gasteiger partial charge in [0.25, 0.3) is 0 Å². The van der Waals surface area contributed by atoms with E-state index in [1.165, 1.54) is 13.8 Å². The molecule has 0 radical (unpaired) electrons. The van der Waals surface area contributed by atoms with Crippen LogP contribution in [-0.2, 0) is 43.0 Å². The van der Waals surface area contributed by atoms with E-state index >= 15 is 0 Å². The lowest BCUT2D eigenvalue weighted by molar-refractivity contribution is -0.173. The topological polar surface area (TPSA) is 130 Å². The van der Waals surface area contributed by atoms with Gasteiger partial charge >= 0.3 is 35.4 Å². The van der Waals surface area contributed by atoms with E-state index in [0.29, 0.717) is 0 Å². The highest BCUT2D eigenvalue weighted by molar-refractivity contribution is 6.65. The predicted molar refractivity (Wildman–Crippen MR) is 54.4 cm³/mol. The molecule has 19 heavy (non-hydrogen) atoms. The van der Waals surface area contributed by atoms with E-state index in [1.807, 2.05) is 0 Å². The Balaban J connectivity index is 4.53. The summed E-state index contributed by atoms with van der Waals surface area (Å²) in [6, 6.07) is 0. The third kappa shape index (κ3) is 5.06. The smallest absolute Gasteiger partial charge is 0.394 e. The average molecular weight is 274 g/mol. The van der Waals surface area contributed by atoms with Crippen molar-refractivity contribution >= 4 is 35.4 Å². The van der Waals surface area contributed by atoms with Gasteiger partial charge in [-0.2, -0.15) is 0 Å². The van der Waals surface area contributed by atoms with Gasteiger partial charge in [-0.15, -0.1) is 0 Å². The molecule has 0 aromatic rings. The van der Waals surface area contributed by atoms with Crippen LogP contribution >= 0.6 is 0 Å². The van der Waals surface area contributed by atoms with E-state index in [9.17, 15) is 28.8 Å². The first-order valence-corrected chi connectivity index (χ1v) is 5.03. The van der Waals surface area contributed by atoms with E-state index in [2.05, 4.69) is 14.2 Å². The van der Waals surface area contributed by atoms with Crippen molar-refractivity contribution < 1.29 is 43.0 Å². The first kappa shape index (κ1) is 16.4. The molecule has 0 saturated heterocycles. The molecule has 0 unspecified atom stereocenters. The van der Waals surface area contributed by atoms with Gasteiger partial charge < -0.3 is 14.2 Å². The summed E-state index contributed by atoms with van der Waals surface area (Å²) in [5.41, 5.74) is 0. The molecule has 9 nitrogen and oxygen atoms in total. The summed E-state index contributed by atoms with van der Waals surface area (Å²) >= 11 is 0. The van der Waals surface area contributed by atoms with Gasteiger partial charge in [0, 0.05) is 0 Å². The third-order valence-corrected chi connectivity index (χ3v) is 1.48. The van der Waals surface area contributed by atoms with Crippen molar-refractivity contribution in [1.29, 1.82) is 0 Å². The molecule has 0 aliphatic rings.